The van der Waals surface area contributed by atoms with Crippen LogP contribution in [0.4, 0.5) is 11.4 Å². The van der Waals surface area contributed by atoms with E-state index in [-0.39, 0.29) is 18.4 Å². The SMILES string of the molecule is O=C1CN(c2ccccc2NC(=O)Cn2cccn2)CCN1. The summed E-state index contributed by atoms with van der Waals surface area (Å²) in [6.07, 6.45) is 3.37. The molecule has 0 unspecified atom stereocenters. The van der Waals surface area contributed by atoms with E-state index in [4.69, 9.17) is 0 Å². The number of carbonyl (C=O) groups is 2. The molecule has 1 aliphatic rings. The first-order chi connectivity index (χ1) is 10.7. The molecular weight excluding hydrogens is 282 g/mol. The van der Waals surface area contributed by atoms with Gasteiger partial charge in [-0.05, 0) is 18.2 Å². The van der Waals surface area contributed by atoms with Gasteiger partial charge in [0.1, 0.15) is 6.54 Å². The van der Waals surface area contributed by atoms with E-state index in [2.05, 4.69) is 15.7 Å². The van der Waals surface area contributed by atoms with E-state index in [1.165, 1.54) is 0 Å². The molecule has 3 rings (SSSR count). The molecule has 0 spiro atoms. The third-order valence-corrected chi connectivity index (χ3v) is 3.42. The van der Waals surface area contributed by atoms with E-state index in [0.29, 0.717) is 18.8 Å². The fourth-order valence-electron chi connectivity index (χ4n) is 2.43. The molecule has 0 saturated carbocycles. The maximum Gasteiger partial charge on any atom is 0.246 e. The van der Waals surface area contributed by atoms with Gasteiger partial charge in [0.15, 0.2) is 0 Å². The summed E-state index contributed by atoms with van der Waals surface area (Å²) >= 11 is 0. The number of hydrogen-bond donors (Lipinski definition) is 2. The molecule has 2 aromatic rings. The van der Waals surface area contributed by atoms with Crippen LogP contribution in [0, 0.1) is 0 Å². The summed E-state index contributed by atoms with van der Waals surface area (Å²) in [6.45, 7) is 1.78. The lowest BCUT2D eigenvalue weighted by Crippen LogP contribution is -2.47. The van der Waals surface area contributed by atoms with Crippen LogP contribution in [-0.4, -0.2) is 41.2 Å². The molecule has 7 nitrogen and oxygen atoms in total. The number of nitrogens with zero attached hydrogens (tertiary/aromatic N) is 3. The monoisotopic (exact) mass is 299 g/mol. The van der Waals surface area contributed by atoms with Crippen LogP contribution >= 0.6 is 0 Å². The third-order valence-electron chi connectivity index (χ3n) is 3.42. The first-order valence-corrected chi connectivity index (χ1v) is 7.10. The molecule has 1 fully saturated rings. The number of aromatic nitrogens is 2. The van der Waals surface area contributed by atoms with Gasteiger partial charge in [0.25, 0.3) is 0 Å². The predicted molar refractivity (Wildman–Crippen MR) is 82.5 cm³/mol. The lowest BCUT2D eigenvalue weighted by atomic mass is 10.2. The lowest BCUT2D eigenvalue weighted by Gasteiger charge is -2.30. The molecule has 0 bridgehead atoms. The van der Waals surface area contributed by atoms with Crippen molar-refractivity contribution in [2.24, 2.45) is 0 Å². The zero-order valence-corrected chi connectivity index (χ0v) is 12.0. The number of benzene rings is 1. The van der Waals surface area contributed by atoms with Crippen LogP contribution in [-0.2, 0) is 16.1 Å². The summed E-state index contributed by atoms with van der Waals surface area (Å²) in [5.74, 6) is -0.165. The van der Waals surface area contributed by atoms with E-state index in [0.717, 1.165) is 12.2 Å². The summed E-state index contributed by atoms with van der Waals surface area (Å²) in [5.41, 5.74) is 1.56. The minimum absolute atomic E-state index is 0.0103. The van der Waals surface area contributed by atoms with Gasteiger partial charge in [0.2, 0.25) is 11.8 Å². The van der Waals surface area contributed by atoms with Crippen molar-refractivity contribution < 1.29 is 9.59 Å². The molecule has 0 aliphatic carbocycles. The zero-order valence-electron chi connectivity index (χ0n) is 12.0. The first kappa shape index (κ1) is 14.1. The van der Waals surface area contributed by atoms with Crippen molar-refractivity contribution in [3.8, 4) is 0 Å². The zero-order chi connectivity index (χ0) is 15.4. The summed E-state index contributed by atoms with van der Waals surface area (Å²) in [5, 5.41) is 9.69. The van der Waals surface area contributed by atoms with Gasteiger partial charge >= 0.3 is 0 Å². The van der Waals surface area contributed by atoms with E-state index in [9.17, 15) is 9.59 Å². The molecule has 2 amide bonds. The molecule has 2 heterocycles. The van der Waals surface area contributed by atoms with Crippen LogP contribution in [0.1, 0.15) is 0 Å². The van der Waals surface area contributed by atoms with E-state index < -0.39 is 0 Å². The average Bonchev–Trinajstić information content (AvgIpc) is 3.00. The smallest absolute Gasteiger partial charge is 0.246 e. The average molecular weight is 299 g/mol. The number of carbonyl (C=O) groups excluding carboxylic acids is 2. The Labute approximate surface area is 127 Å². The molecule has 114 valence electrons. The van der Waals surface area contributed by atoms with Crippen molar-refractivity contribution in [1.82, 2.24) is 15.1 Å². The molecule has 1 aromatic carbocycles. The molecule has 22 heavy (non-hydrogen) atoms. The van der Waals surface area contributed by atoms with Gasteiger partial charge < -0.3 is 15.5 Å². The molecule has 1 aromatic heterocycles. The Kier molecular flexibility index (Phi) is 4.04. The van der Waals surface area contributed by atoms with Gasteiger partial charge in [-0.1, -0.05) is 12.1 Å². The Morgan fingerprint density at radius 3 is 2.95 bits per heavy atom. The highest BCUT2D eigenvalue weighted by atomic mass is 16.2. The number of piperazine rings is 1. The number of nitrogens with one attached hydrogen (secondary N) is 2. The minimum atomic E-state index is -0.155. The molecule has 0 radical (unpaired) electrons. The maximum absolute atomic E-state index is 12.1. The lowest BCUT2D eigenvalue weighted by molar-refractivity contribution is -0.120. The van der Waals surface area contributed by atoms with Crippen molar-refractivity contribution >= 4 is 23.2 Å². The number of amides is 2. The number of hydrogen-bond acceptors (Lipinski definition) is 4. The fourth-order valence-corrected chi connectivity index (χ4v) is 2.43. The quantitative estimate of drug-likeness (QED) is 0.859. The highest BCUT2D eigenvalue weighted by molar-refractivity contribution is 5.95. The topological polar surface area (TPSA) is 79.3 Å². The van der Waals surface area contributed by atoms with Crippen LogP contribution in [0.2, 0.25) is 0 Å². The van der Waals surface area contributed by atoms with E-state index >= 15 is 0 Å². The first-order valence-electron chi connectivity index (χ1n) is 7.10. The second-order valence-corrected chi connectivity index (χ2v) is 5.04. The summed E-state index contributed by atoms with van der Waals surface area (Å²) in [6, 6.07) is 9.26. The van der Waals surface area contributed by atoms with Gasteiger partial charge in [-0.3, -0.25) is 14.3 Å². The Bertz CT molecular complexity index is 668. The Balaban J connectivity index is 1.73. The molecule has 1 aliphatic heterocycles. The number of anilines is 2. The van der Waals surface area contributed by atoms with Gasteiger partial charge in [0.05, 0.1) is 17.9 Å². The Hall–Kier alpha value is -2.83. The maximum atomic E-state index is 12.1. The Morgan fingerprint density at radius 2 is 2.18 bits per heavy atom. The standard InChI is InChI=1S/C15H17N5O2/c21-14-10-19(9-7-16-14)13-5-2-1-4-12(13)18-15(22)11-20-8-3-6-17-20/h1-6,8H,7,9-11H2,(H,16,21)(H,18,22). The molecule has 0 atom stereocenters. The van der Waals surface area contributed by atoms with Gasteiger partial charge in [-0.2, -0.15) is 5.10 Å². The van der Waals surface area contributed by atoms with E-state index in [1.54, 1.807) is 23.1 Å². The van der Waals surface area contributed by atoms with Gasteiger partial charge in [-0.15, -0.1) is 0 Å². The largest absolute Gasteiger partial charge is 0.359 e. The summed E-state index contributed by atoms with van der Waals surface area (Å²) in [4.78, 5) is 25.6. The third kappa shape index (κ3) is 3.25. The van der Waals surface area contributed by atoms with Crippen molar-refractivity contribution in [3.63, 3.8) is 0 Å². The normalized spacial score (nSPS) is 14.5. The fraction of sp³-hybridized carbons (Fsp3) is 0.267. The highest BCUT2D eigenvalue weighted by Gasteiger charge is 2.19. The minimum Gasteiger partial charge on any atom is -0.359 e. The number of rotatable bonds is 4. The van der Waals surface area contributed by atoms with Crippen LogP contribution in [0.25, 0.3) is 0 Å². The van der Waals surface area contributed by atoms with Crippen molar-refractivity contribution in [1.29, 1.82) is 0 Å². The van der Waals surface area contributed by atoms with Gasteiger partial charge in [0, 0.05) is 25.5 Å². The Morgan fingerprint density at radius 1 is 1.32 bits per heavy atom. The van der Waals surface area contributed by atoms with Crippen LogP contribution in [0.5, 0.6) is 0 Å². The van der Waals surface area contributed by atoms with E-state index in [1.807, 2.05) is 29.2 Å². The molecule has 7 heteroatoms. The van der Waals surface area contributed by atoms with Crippen LogP contribution in [0.3, 0.4) is 0 Å². The highest BCUT2D eigenvalue weighted by Crippen LogP contribution is 2.25. The molecule has 2 N–H and O–H groups in total. The molecule has 1 saturated heterocycles. The summed E-state index contributed by atoms with van der Waals surface area (Å²) < 4.78 is 1.56. The number of para-hydroxylation sites is 2. The summed E-state index contributed by atoms with van der Waals surface area (Å²) in [7, 11) is 0. The van der Waals surface area contributed by atoms with Crippen LogP contribution < -0.4 is 15.5 Å². The molecular formula is C15H17N5O2. The van der Waals surface area contributed by atoms with Crippen LogP contribution in [0.15, 0.2) is 42.7 Å². The van der Waals surface area contributed by atoms with Crippen molar-refractivity contribution in [3.05, 3.63) is 42.7 Å². The predicted octanol–water partition coefficient (Wildman–Crippen LogP) is 0.458. The van der Waals surface area contributed by atoms with Crippen molar-refractivity contribution in [2.75, 3.05) is 29.9 Å². The second-order valence-electron chi connectivity index (χ2n) is 5.04. The second kappa shape index (κ2) is 6.30. The van der Waals surface area contributed by atoms with Gasteiger partial charge in [-0.25, -0.2) is 0 Å². The van der Waals surface area contributed by atoms with Crippen molar-refractivity contribution in [2.45, 2.75) is 6.54 Å².